The Hall–Kier alpha value is -1.58. The van der Waals surface area contributed by atoms with Gasteiger partial charge in [0, 0.05) is 30.1 Å². The van der Waals surface area contributed by atoms with Crippen molar-refractivity contribution in [3.63, 3.8) is 0 Å². The number of hydrogen-bond donors (Lipinski definition) is 2. The van der Waals surface area contributed by atoms with Gasteiger partial charge in [-0.3, -0.25) is 0 Å². The summed E-state index contributed by atoms with van der Waals surface area (Å²) in [5, 5.41) is 15.8. The lowest BCUT2D eigenvalue weighted by Crippen LogP contribution is -2.24. The van der Waals surface area contributed by atoms with Crippen LogP contribution in [0.4, 0.5) is 0 Å². The summed E-state index contributed by atoms with van der Waals surface area (Å²) in [6, 6.07) is 12.0. The number of benzene rings is 2. The summed E-state index contributed by atoms with van der Waals surface area (Å²) in [4.78, 5) is 0. The van der Waals surface area contributed by atoms with Crippen LogP contribution in [0.25, 0.3) is 10.8 Å². The third-order valence-electron chi connectivity index (χ3n) is 3.55. The van der Waals surface area contributed by atoms with Crippen LogP contribution in [0, 0.1) is 5.92 Å². The van der Waals surface area contributed by atoms with Crippen LogP contribution in [0.3, 0.4) is 0 Å². The van der Waals surface area contributed by atoms with Gasteiger partial charge in [0.15, 0.2) is 0 Å². The van der Waals surface area contributed by atoms with E-state index in [9.17, 15) is 5.11 Å². The van der Waals surface area contributed by atoms with Crippen molar-refractivity contribution in [2.75, 3.05) is 19.8 Å². The fourth-order valence-electron chi connectivity index (χ4n) is 2.40. The van der Waals surface area contributed by atoms with Crippen LogP contribution in [-0.2, 0) is 4.74 Å². The van der Waals surface area contributed by atoms with Crippen molar-refractivity contribution in [1.29, 1.82) is 0 Å². The molecule has 0 heterocycles. The molecule has 1 atom stereocenters. The summed E-state index contributed by atoms with van der Waals surface area (Å²) in [6.45, 7) is 8.60. The first-order chi connectivity index (χ1) is 10.1. The molecule has 3 nitrogen and oxygen atoms in total. The van der Waals surface area contributed by atoms with Gasteiger partial charge in [-0.2, -0.15) is 0 Å². The Bertz CT molecular complexity index is 580. The summed E-state index contributed by atoms with van der Waals surface area (Å²) in [6.07, 6.45) is 0. The number of phenols is 1. The lowest BCUT2D eigenvalue weighted by molar-refractivity contribution is 0.110. The van der Waals surface area contributed by atoms with E-state index in [0.717, 1.165) is 29.5 Å². The second-order valence-electron chi connectivity index (χ2n) is 5.87. The average molecular weight is 287 g/mol. The highest BCUT2D eigenvalue weighted by Gasteiger charge is 2.12. The zero-order valence-corrected chi connectivity index (χ0v) is 13.1. The minimum Gasteiger partial charge on any atom is -0.507 e. The second-order valence-corrected chi connectivity index (χ2v) is 5.87. The van der Waals surface area contributed by atoms with Crippen LogP contribution >= 0.6 is 0 Å². The summed E-state index contributed by atoms with van der Waals surface area (Å²) in [7, 11) is 0. The van der Waals surface area contributed by atoms with Crippen molar-refractivity contribution in [1.82, 2.24) is 5.32 Å². The summed E-state index contributed by atoms with van der Waals surface area (Å²) < 4.78 is 5.56. The van der Waals surface area contributed by atoms with Crippen LogP contribution in [0.5, 0.6) is 5.75 Å². The number of fused-ring (bicyclic) bond motifs is 1. The summed E-state index contributed by atoms with van der Waals surface area (Å²) in [5.74, 6) is 0.933. The SMILES string of the molecule is CC(C)COCCNC(C)c1ccc2ccccc2c1O. The van der Waals surface area contributed by atoms with Crippen LogP contribution in [0.1, 0.15) is 32.4 Å². The number of rotatable bonds is 7. The molecular weight excluding hydrogens is 262 g/mol. The first kappa shape index (κ1) is 15.8. The molecule has 3 heteroatoms. The van der Waals surface area contributed by atoms with Gasteiger partial charge >= 0.3 is 0 Å². The molecular formula is C18H25NO2. The smallest absolute Gasteiger partial charge is 0.128 e. The molecule has 0 saturated carbocycles. The Morgan fingerprint density at radius 2 is 1.86 bits per heavy atom. The highest BCUT2D eigenvalue weighted by molar-refractivity contribution is 5.89. The molecule has 0 amide bonds. The minimum absolute atomic E-state index is 0.0947. The predicted octanol–water partition coefficient (Wildman–Crippen LogP) is 3.87. The molecule has 2 N–H and O–H groups in total. The van der Waals surface area contributed by atoms with Gasteiger partial charge in [-0.15, -0.1) is 0 Å². The predicted molar refractivity (Wildman–Crippen MR) is 87.7 cm³/mol. The Morgan fingerprint density at radius 3 is 2.62 bits per heavy atom. The van der Waals surface area contributed by atoms with Crippen molar-refractivity contribution >= 4 is 10.8 Å². The highest BCUT2D eigenvalue weighted by Crippen LogP contribution is 2.32. The maximum atomic E-state index is 10.4. The fraction of sp³-hybridized carbons (Fsp3) is 0.444. The molecule has 0 aliphatic heterocycles. The molecule has 0 saturated heterocycles. The van der Waals surface area contributed by atoms with Gasteiger partial charge < -0.3 is 15.2 Å². The number of hydrogen-bond acceptors (Lipinski definition) is 3. The third-order valence-corrected chi connectivity index (χ3v) is 3.55. The Kier molecular flexibility index (Phi) is 5.59. The number of phenolic OH excluding ortho intramolecular Hbond substituents is 1. The van der Waals surface area contributed by atoms with Gasteiger partial charge in [0.1, 0.15) is 5.75 Å². The molecule has 2 aromatic carbocycles. The van der Waals surface area contributed by atoms with Gasteiger partial charge in [-0.25, -0.2) is 0 Å². The maximum Gasteiger partial charge on any atom is 0.128 e. The van der Waals surface area contributed by atoms with Crippen molar-refractivity contribution in [2.24, 2.45) is 5.92 Å². The molecule has 114 valence electrons. The molecule has 21 heavy (non-hydrogen) atoms. The van der Waals surface area contributed by atoms with E-state index in [0.29, 0.717) is 18.3 Å². The average Bonchev–Trinajstić information content (AvgIpc) is 2.47. The second kappa shape index (κ2) is 7.43. The van der Waals surface area contributed by atoms with E-state index in [1.807, 2.05) is 30.3 Å². The normalized spacial score (nSPS) is 13.0. The molecule has 2 rings (SSSR count). The quantitative estimate of drug-likeness (QED) is 0.760. The molecule has 0 radical (unpaired) electrons. The fourth-order valence-corrected chi connectivity index (χ4v) is 2.40. The van der Waals surface area contributed by atoms with Crippen molar-refractivity contribution < 1.29 is 9.84 Å². The first-order valence-electron chi connectivity index (χ1n) is 7.61. The zero-order chi connectivity index (χ0) is 15.2. The van der Waals surface area contributed by atoms with Crippen LogP contribution in [0.15, 0.2) is 36.4 Å². The molecule has 0 bridgehead atoms. The van der Waals surface area contributed by atoms with E-state index < -0.39 is 0 Å². The Balaban J connectivity index is 1.96. The highest BCUT2D eigenvalue weighted by atomic mass is 16.5. The number of nitrogens with one attached hydrogen (secondary N) is 1. The van der Waals surface area contributed by atoms with E-state index in [4.69, 9.17) is 4.74 Å². The van der Waals surface area contributed by atoms with Crippen molar-refractivity contribution in [3.8, 4) is 5.75 Å². The van der Waals surface area contributed by atoms with Crippen LogP contribution in [-0.4, -0.2) is 24.9 Å². The van der Waals surface area contributed by atoms with E-state index >= 15 is 0 Å². The number of aromatic hydroxyl groups is 1. The topological polar surface area (TPSA) is 41.5 Å². The molecule has 0 spiro atoms. The van der Waals surface area contributed by atoms with Crippen molar-refractivity contribution in [2.45, 2.75) is 26.8 Å². The molecule has 2 aromatic rings. The van der Waals surface area contributed by atoms with Gasteiger partial charge in [0.05, 0.1) is 6.61 Å². The van der Waals surface area contributed by atoms with Crippen LogP contribution < -0.4 is 5.32 Å². The van der Waals surface area contributed by atoms with E-state index in [1.54, 1.807) is 0 Å². The Morgan fingerprint density at radius 1 is 1.10 bits per heavy atom. The van der Waals surface area contributed by atoms with Gasteiger partial charge in [-0.05, 0) is 18.2 Å². The Labute approximate surface area is 126 Å². The minimum atomic E-state index is 0.0947. The van der Waals surface area contributed by atoms with Gasteiger partial charge in [-0.1, -0.05) is 50.2 Å². The number of ether oxygens (including phenoxy) is 1. The largest absolute Gasteiger partial charge is 0.507 e. The van der Waals surface area contributed by atoms with Crippen molar-refractivity contribution in [3.05, 3.63) is 42.0 Å². The van der Waals surface area contributed by atoms with E-state index in [2.05, 4.69) is 32.2 Å². The summed E-state index contributed by atoms with van der Waals surface area (Å²) in [5.41, 5.74) is 0.928. The van der Waals surface area contributed by atoms with Crippen LogP contribution in [0.2, 0.25) is 0 Å². The molecule has 0 aromatic heterocycles. The van der Waals surface area contributed by atoms with Gasteiger partial charge in [0.2, 0.25) is 0 Å². The zero-order valence-electron chi connectivity index (χ0n) is 13.1. The van der Waals surface area contributed by atoms with E-state index in [-0.39, 0.29) is 6.04 Å². The first-order valence-corrected chi connectivity index (χ1v) is 7.61. The van der Waals surface area contributed by atoms with E-state index in [1.165, 1.54) is 0 Å². The monoisotopic (exact) mass is 287 g/mol. The molecule has 0 fully saturated rings. The standard InChI is InChI=1S/C18H25NO2/c1-13(2)12-21-11-10-19-14(3)16-9-8-15-6-4-5-7-17(15)18(16)20/h4-9,13-14,19-20H,10-12H2,1-3H3. The lowest BCUT2D eigenvalue weighted by Gasteiger charge is -2.17. The molecule has 1 unspecified atom stereocenters. The molecule has 0 aliphatic rings. The third kappa shape index (κ3) is 4.19. The maximum absolute atomic E-state index is 10.4. The lowest BCUT2D eigenvalue weighted by atomic mass is 10.0. The molecule has 0 aliphatic carbocycles. The summed E-state index contributed by atoms with van der Waals surface area (Å²) >= 11 is 0. The van der Waals surface area contributed by atoms with Gasteiger partial charge in [0.25, 0.3) is 0 Å².